The van der Waals surface area contributed by atoms with Crippen LogP contribution in [-0.2, 0) is 6.54 Å². The smallest absolute Gasteiger partial charge is 0.125 e. The van der Waals surface area contributed by atoms with Gasteiger partial charge in [-0.3, -0.25) is 0 Å². The van der Waals surface area contributed by atoms with Crippen molar-refractivity contribution in [3.05, 3.63) is 36.4 Å². The quantitative estimate of drug-likeness (QED) is 0.646. The van der Waals surface area contributed by atoms with Crippen molar-refractivity contribution in [3.8, 4) is 11.5 Å². The molecule has 0 aliphatic heterocycles. The number of benzene rings is 2. The molecule has 3 N–H and O–H groups in total. The first kappa shape index (κ1) is 10.9. The zero-order chi connectivity index (χ0) is 12.7. The van der Waals surface area contributed by atoms with Crippen molar-refractivity contribution in [3.63, 3.8) is 0 Å². The fourth-order valence-corrected chi connectivity index (χ4v) is 2.49. The lowest BCUT2D eigenvalue weighted by Gasteiger charge is -2.04. The third-order valence-electron chi connectivity index (χ3n) is 3.20. The number of aliphatic hydroxyl groups excluding tert-OH is 1. The molecule has 4 heteroatoms. The van der Waals surface area contributed by atoms with Gasteiger partial charge in [0.1, 0.15) is 11.5 Å². The molecule has 4 nitrogen and oxygen atoms in total. The molecule has 1 heterocycles. The molecule has 0 atom stereocenters. The van der Waals surface area contributed by atoms with Crippen molar-refractivity contribution in [2.45, 2.75) is 6.54 Å². The van der Waals surface area contributed by atoms with Crippen LogP contribution in [0.15, 0.2) is 36.4 Å². The van der Waals surface area contributed by atoms with E-state index >= 15 is 0 Å². The lowest BCUT2D eigenvalue weighted by Crippen LogP contribution is -2.01. The zero-order valence-electron chi connectivity index (χ0n) is 9.67. The molecule has 18 heavy (non-hydrogen) atoms. The second kappa shape index (κ2) is 3.92. The Hall–Kier alpha value is -2.20. The van der Waals surface area contributed by atoms with Gasteiger partial charge in [0.25, 0.3) is 0 Å². The number of phenolic OH excluding ortho intramolecular Hbond substituents is 2. The zero-order valence-corrected chi connectivity index (χ0v) is 9.67. The van der Waals surface area contributed by atoms with Crippen LogP contribution < -0.4 is 0 Å². The molecule has 1 aromatic heterocycles. The number of aromatic nitrogens is 1. The molecule has 0 spiro atoms. The van der Waals surface area contributed by atoms with Crippen LogP contribution in [-0.4, -0.2) is 26.5 Å². The third kappa shape index (κ3) is 1.36. The van der Waals surface area contributed by atoms with Crippen LogP contribution in [0.4, 0.5) is 0 Å². The molecule has 2 aromatic carbocycles. The summed E-state index contributed by atoms with van der Waals surface area (Å²) in [6, 6.07) is 10.4. The maximum absolute atomic E-state index is 9.99. The highest BCUT2D eigenvalue weighted by atomic mass is 16.3. The van der Waals surface area contributed by atoms with Gasteiger partial charge in [0.05, 0.1) is 28.4 Å². The molecule has 0 fully saturated rings. The molecule has 3 rings (SSSR count). The summed E-state index contributed by atoms with van der Waals surface area (Å²) in [7, 11) is 0. The van der Waals surface area contributed by atoms with Gasteiger partial charge in [-0.15, -0.1) is 0 Å². The van der Waals surface area contributed by atoms with E-state index in [1.807, 2.05) is 16.7 Å². The molecule has 0 bridgehead atoms. The first-order valence-corrected chi connectivity index (χ1v) is 5.76. The molecule has 0 saturated heterocycles. The van der Waals surface area contributed by atoms with Gasteiger partial charge in [-0.1, -0.05) is 12.1 Å². The minimum Gasteiger partial charge on any atom is -0.507 e. The van der Waals surface area contributed by atoms with Gasteiger partial charge in [0.15, 0.2) is 0 Å². The van der Waals surface area contributed by atoms with Crippen LogP contribution in [0.1, 0.15) is 0 Å². The van der Waals surface area contributed by atoms with E-state index in [1.54, 1.807) is 24.3 Å². The van der Waals surface area contributed by atoms with Gasteiger partial charge in [-0.25, -0.2) is 0 Å². The molecular weight excluding hydrogens is 230 g/mol. The van der Waals surface area contributed by atoms with Crippen molar-refractivity contribution >= 4 is 21.8 Å². The minimum absolute atomic E-state index is 0.00416. The van der Waals surface area contributed by atoms with Gasteiger partial charge in [0, 0.05) is 6.54 Å². The average Bonchev–Trinajstić information content (AvgIpc) is 2.68. The Kier molecular flexibility index (Phi) is 2.38. The fraction of sp³-hybridized carbons (Fsp3) is 0.143. The topological polar surface area (TPSA) is 65.6 Å². The van der Waals surface area contributed by atoms with E-state index in [-0.39, 0.29) is 18.1 Å². The first-order valence-electron chi connectivity index (χ1n) is 5.76. The standard InChI is InChI=1S/C14H13NO3/c16-8-7-15-9-3-1-5-11(17)13(9)14-10(15)4-2-6-12(14)18/h1-6,16-18H,7-8H2. The molecule has 0 aliphatic rings. The second-order valence-electron chi connectivity index (χ2n) is 4.22. The van der Waals surface area contributed by atoms with Gasteiger partial charge < -0.3 is 19.9 Å². The van der Waals surface area contributed by atoms with E-state index in [0.717, 1.165) is 11.0 Å². The molecule has 0 radical (unpaired) electrons. The summed E-state index contributed by atoms with van der Waals surface area (Å²) in [5, 5.41) is 30.4. The highest BCUT2D eigenvalue weighted by molar-refractivity contribution is 6.13. The summed E-state index contributed by atoms with van der Waals surface area (Å²) in [6.45, 7) is 0.428. The highest BCUT2D eigenvalue weighted by Crippen LogP contribution is 2.39. The van der Waals surface area contributed by atoms with Crippen molar-refractivity contribution in [2.75, 3.05) is 6.61 Å². The Bertz CT molecular complexity index is 671. The monoisotopic (exact) mass is 243 g/mol. The summed E-state index contributed by atoms with van der Waals surface area (Å²) in [6.07, 6.45) is 0. The van der Waals surface area contributed by atoms with E-state index < -0.39 is 0 Å². The van der Waals surface area contributed by atoms with E-state index in [9.17, 15) is 10.2 Å². The van der Waals surface area contributed by atoms with Gasteiger partial charge in [-0.2, -0.15) is 0 Å². The molecule has 92 valence electrons. The maximum atomic E-state index is 9.99. The van der Waals surface area contributed by atoms with E-state index in [4.69, 9.17) is 5.11 Å². The SMILES string of the molecule is OCCn1c2cccc(O)c2c2c(O)cccc21. The Morgan fingerprint density at radius 1 is 0.833 bits per heavy atom. The number of aliphatic hydroxyl groups is 1. The Morgan fingerprint density at radius 2 is 1.33 bits per heavy atom. The number of hydrogen-bond acceptors (Lipinski definition) is 3. The molecule has 0 amide bonds. The van der Waals surface area contributed by atoms with Crippen molar-refractivity contribution in [1.82, 2.24) is 4.57 Å². The number of hydrogen-bond donors (Lipinski definition) is 3. The molecule has 0 unspecified atom stereocenters. The Labute approximate surface area is 103 Å². The van der Waals surface area contributed by atoms with Crippen molar-refractivity contribution in [2.24, 2.45) is 0 Å². The van der Waals surface area contributed by atoms with Crippen LogP contribution in [0.2, 0.25) is 0 Å². The largest absolute Gasteiger partial charge is 0.507 e. The van der Waals surface area contributed by atoms with Crippen LogP contribution in [0.5, 0.6) is 11.5 Å². The number of phenols is 2. The first-order chi connectivity index (χ1) is 8.74. The predicted molar refractivity (Wildman–Crippen MR) is 69.9 cm³/mol. The maximum Gasteiger partial charge on any atom is 0.125 e. The number of fused-ring (bicyclic) bond motifs is 3. The van der Waals surface area contributed by atoms with E-state index in [2.05, 4.69) is 0 Å². The van der Waals surface area contributed by atoms with Crippen molar-refractivity contribution in [1.29, 1.82) is 0 Å². The minimum atomic E-state index is 0.00416. The van der Waals surface area contributed by atoms with Gasteiger partial charge in [-0.05, 0) is 24.3 Å². The lowest BCUT2D eigenvalue weighted by atomic mass is 10.1. The Balaban J connectivity index is 2.57. The summed E-state index contributed by atoms with van der Waals surface area (Å²) in [5.41, 5.74) is 1.61. The summed E-state index contributed by atoms with van der Waals surface area (Å²) in [4.78, 5) is 0. The highest BCUT2D eigenvalue weighted by Gasteiger charge is 2.15. The fourth-order valence-electron chi connectivity index (χ4n) is 2.49. The number of rotatable bonds is 2. The van der Waals surface area contributed by atoms with Gasteiger partial charge in [0.2, 0.25) is 0 Å². The van der Waals surface area contributed by atoms with Crippen LogP contribution in [0.25, 0.3) is 21.8 Å². The summed E-state index contributed by atoms with van der Waals surface area (Å²) >= 11 is 0. The van der Waals surface area contributed by atoms with Crippen LogP contribution in [0, 0.1) is 0 Å². The molecule has 0 saturated carbocycles. The van der Waals surface area contributed by atoms with Crippen molar-refractivity contribution < 1.29 is 15.3 Å². The molecule has 0 aliphatic carbocycles. The normalized spacial score (nSPS) is 11.4. The lowest BCUT2D eigenvalue weighted by molar-refractivity contribution is 0.280. The summed E-state index contributed by atoms with van der Waals surface area (Å²) < 4.78 is 1.89. The Morgan fingerprint density at radius 3 is 1.78 bits per heavy atom. The van der Waals surface area contributed by atoms with Crippen LogP contribution in [0.3, 0.4) is 0 Å². The molecular formula is C14H13NO3. The number of aromatic hydroxyl groups is 2. The van der Waals surface area contributed by atoms with Crippen LogP contribution >= 0.6 is 0 Å². The number of nitrogens with zero attached hydrogens (tertiary/aromatic N) is 1. The summed E-state index contributed by atoms with van der Waals surface area (Å²) in [5.74, 6) is 0.270. The van der Waals surface area contributed by atoms with E-state index in [0.29, 0.717) is 17.3 Å². The second-order valence-corrected chi connectivity index (χ2v) is 4.22. The molecule has 3 aromatic rings. The average molecular weight is 243 g/mol. The third-order valence-corrected chi connectivity index (χ3v) is 3.20. The predicted octanol–water partition coefficient (Wildman–Crippen LogP) is 2.20. The van der Waals surface area contributed by atoms with E-state index in [1.165, 1.54) is 0 Å². The van der Waals surface area contributed by atoms with Gasteiger partial charge >= 0.3 is 0 Å².